The number of carbonyl (C=O) groups is 1. The molecule has 0 saturated heterocycles. The third-order valence-electron chi connectivity index (χ3n) is 4.75. The second-order valence-corrected chi connectivity index (χ2v) is 5.99. The van der Waals surface area contributed by atoms with Crippen LogP contribution in [-0.2, 0) is 4.79 Å². The summed E-state index contributed by atoms with van der Waals surface area (Å²) in [6.07, 6.45) is 6.23. The molecule has 2 fully saturated rings. The lowest BCUT2D eigenvalue weighted by atomic mass is 9.78. The van der Waals surface area contributed by atoms with Gasteiger partial charge in [-0.3, -0.25) is 4.79 Å². The van der Waals surface area contributed by atoms with Gasteiger partial charge in [-0.2, -0.15) is 0 Å². The first kappa shape index (κ1) is 13.8. The van der Waals surface area contributed by atoms with Gasteiger partial charge in [0.2, 0.25) is 5.91 Å². The van der Waals surface area contributed by atoms with Gasteiger partial charge in [-0.15, -0.1) is 0 Å². The molecule has 4 nitrogen and oxygen atoms in total. The molecule has 0 radical (unpaired) electrons. The number of carbonyl (C=O) groups excluding carboxylic acids is 1. The van der Waals surface area contributed by atoms with Crippen molar-refractivity contribution in [3.8, 4) is 0 Å². The molecule has 2 aliphatic rings. The molecule has 104 valence electrons. The minimum absolute atomic E-state index is 0.0669. The summed E-state index contributed by atoms with van der Waals surface area (Å²) in [6, 6.07) is 0.533. The number of hydrogen-bond acceptors (Lipinski definition) is 3. The maximum absolute atomic E-state index is 12.5. The van der Waals surface area contributed by atoms with Crippen LogP contribution in [0.15, 0.2) is 0 Å². The van der Waals surface area contributed by atoms with Gasteiger partial charge in [0.05, 0.1) is 6.61 Å². The summed E-state index contributed by atoms with van der Waals surface area (Å²) >= 11 is 0. The third kappa shape index (κ3) is 2.86. The normalized spacial score (nSPS) is 32.9. The molecule has 0 spiro atoms. The smallest absolute Gasteiger partial charge is 0.226 e. The monoisotopic (exact) mass is 254 g/mol. The second-order valence-electron chi connectivity index (χ2n) is 5.99. The van der Waals surface area contributed by atoms with E-state index in [9.17, 15) is 4.79 Å². The minimum Gasteiger partial charge on any atom is -0.395 e. The van der Waals surface area contributed by atoms with Crippen molar-refractivity contribution >= 4 is 5.91 Å². The van der Waals surface area contributed by atoms with E-state index in [1.54, 1.807) is 0 Å². The molecule has 2 aliphatic carbocycles. The van der Waals surface area contributed by atoms with Gasteiger partial charge in [-0.25, -0.2) is 0 Å². The van der Waals surface area contributed by atoms with Crippen LogP contribution < -0.4 is 5.73 Å². The van der Waals surface area contributed by atoms with Gasteiger partial charge < -0.3 is 15.7 Å². The van der Waals surface area contributed by atoms with Gasteiger partial charge >= 0.3 is 0 Å². The van der Waals surface area contributed by atoms with Crippen LogP contribution in [0.1, 0.15) is 45.4 Å². The van der Waals surface area contributed by atoms with Crippen LogP contribution in [0.5, 0.6) is 0 Å². The maximum atomic E-state index is 12.5. The molecule has 0 aromatic rings. The van der Waals surface area contributed by atoms with Gasteiger partial charge in [0.25, 0.3) is 0 Å². The number of hydrogen-bond donors (Lipinski definition) is 2. The van der Waals surface area contributed by atoms with Gasteiger partial charge in [-0.05, 0) is 44.4 Å². The van der Waals surface area contributed by atoms with E-state index < -0.39 is 0 Å². The van der Waals surface area contributed by atoms with E-state index in [1.807, 2.05) is 4.90 Å². The van der Waals surface area contributed by atoms with Crippen molar-refractivity contribution in [3.05, 3.63) is 0 Å². The summed E-state index contributed by atoms with van der Waals surface area (Å²) in [5.74, 6) is 0.850. The lowest BCUT2D eigenvalue weighted by Gasteiger charge is -2.41. The topological polar surface area (TPSA) is 66.6 Å². The zero-order valence-corrected chi connectivity index (χ0v) is 11.3. The first-order valence-electron chi connectivity index (χ1n) is 7.30. The predicted molar refractivity (Wildman–Crippen MR) is 70.9 cm³/mol. The van der Waals surface area contributed by atoms with Gasteiger partial charge in [0, 0.05) is 24.5 Å². The number of rotatable bonds is 4. The molecule has 0 bridgehead atoms. The summed E-state index contributed by atoms with van der Waals surface area (Å²) in [7, 11) is 0. The quantitative estimate of drug-likeness (QED) is 0.790. The summed E-state index contributed by atoms with van der Waals surface area (Å²) in [5.41, 5.74) is 6.08. The first-order chi connectivity index (χ1) is 8.63. The lowest BCUT2D eigenvalue weighted by molar-refractivity contribution is -0.141. The van der Waals surface area contributed by atoms with Crippen molar-refractivity contribution < 1.29 is 9.90 Å². The highest BCUT2D eigenvalue weighted by molar-refractivity contribution is 5.79. The van der Waals surface area contributed by atoms with Gasteiger partial charge in [0.15, 0.2) is 0 Å². The van der Waals surface area contributed by atoms with Gasteiger partial charge in [-0.1, -0.05) is 6.92 Å². The lowest BCUT2D eigenvalue weighted by Crippen LogP contribution is -2.50. The number of aliphatic hydroxyl groups excluding tert-OH is 1. The van der Waals surface area contributed by atoms with E-state index in [4.69, 9.17) is 10.8 Å². The van der Waals surface area contributed by atoms with E-state index in [0.717, 1.165) is 32.1 Å². The Kier molecular flexibility index (Phi) is 4.62. The Morgan fingerprint density at radius 2 is 2.06 bits per heavy atom. The molecule has 0 aromatic carbocycles. The summed E-state index contributed by atoms with van der Waals surface area (Å²) < 4.78 is 0. The van der Waals surface area contributed by atoms with E-state index in [0.29, 0.717) is 18.5 Å². The molecule has 2 rings (SSSR count). The summed E-state index contributed by atoms with van der Waals surface area (Å²) in [5, 5.41) is 9.13. The number of amides is 1. The van der Waals surface area contributed by atoms with Crippen molar-refractivity contribution in [1.29, 1.82) is 0 Å². The largest absolute Gasteiger partial charge is 0.395 e. The fraction of sp³-hybridized carbons (Fsp3) is 0.929. The Morgan fingerprint density at radius 1 is 1.33 bits per heavy atom. The average Bonchev–Trinajstić information content (AvgIpc) is 2.29. The number of aliphatic hydroxyl groups is 1. The number of nitrogens with two attached hydrogens (primary N) is 1. The van der Waals surface area contributed by atoms with Crippen LogP contribution in [0.4, 0.5) is 0 Å². The Morgan fingerprint density at radius 3 is 2.56 bits per heavy atom. The maximum Gasteiger partial charge on any atom is 0.226 e. The van der Waals surface area contributed by atoms with Gasteiger partial charge in [0.1, 0.15) is 0 Å². The average molecular weight is 254 g/mol. The van der Waals surface area contributed by atoms with Crippen LogP contribution in [0.2, 0.25) is 0 Å². The Bertz CT molecular complexity index is 292. The molecule has 4 heteroatoms. The fourth-order valence-corrected chi connectivity index (χ4v) is 3.09. The van der Waals surface area contributed by atoms with Crippen molar-refractivity contribution in [2.75, 3.05) is 13.2 Å². The minimum atomic E-state index is 0.0669. The summed E-state index contributed by atoms with van der Waals surface area (Å²) in [6.45, 7) is 2.73. The molecule has 0 aromatic heterocycles. The molecule has 2 saturated carbocycles. The molecule has 3 N–H and O–H groups in total. The molecule has 3 atom stereocenters. The zero-order valence-electron chi connectivity index (χ0n) is 11.3. The van der Waals surface area contributed by atoms with Crippen LogP contribution in [-0.4, -0.2) is 41.1 Å². The van der Waals surface area contributed by atoms with Crippen molar-refractivity contribution in [2.45, 2.75) is 57.5 Å². The molecule has 1 amide bonds. The molecular formula is C14H26N2O2. The van der Waals surface area contributed by atoms with Crippen LogP contribution in [0, 0.1) is 11.8 Å². The van der Waals surface area contributed by atoms with E-state index in [2.05, 4.69) is 6.92 Å². The van der Waals surface area contributed by atoms with Crippen LogP contribution in [0.25, 0.3) is 0 Å². The molecule has 18 heavy (non-hydrogen) atoms. The standard InChI is InChI=1S/C14H26N2O2/c1-10-5-6-11(9-13(10)15)14(18)16(7-8-17)12-3-2-4-12/h10-13,17H,2-9,15H2,1H3. The van der Waals surface area contributed by atoms with Crippen molar-refractivity contribution in [1.82, 2.24) is 4.90 Å². The molecule has 0 heterocycles. The van der Waals surface area contributed by atoms with E-state index in [-0.39, 0.29) is 24.5 Å². The highest BCUT2D eigenvalue weighted by atomic mass is 16.3. The molecule has 3 unspecified atom stereocenters. The zero-order chi connectivity index (χ0) is 13.1. The number of nitrogens with zero attached hydrogens (tertiary/aromatic N) is 1. The Hall–Kier alpha value is -0.610. The highest BCUT2D eigenvalue weighted by Crippen LogP contribution is 2.32. The fourth-order valence-electron chi connectivity index (χ4n) is 3.09. The highest BCUT2D eigenvalue weighted by Gasteiger charge is 2.35. The van der Waals surface area contributed by atoms with E-state index >= 15 is 0 Å². The Balaban J connectivity index is 1.95. The van der Waals surface area contributed by atoms with Crippen LogP contribution in [0.3, 0.4) is 0 Å². The third-order valence-corrected chi connectivity index (χ3v) is 4.75. The SMILES string of the molecule is CC1CCC(C(=O)N(CCO)C2CCC2)CC1N. The molecule has 0 aliphatic heterocycles. The van der Waals surface area contributed by atoms with E-state index in [1.165, 1.54) is 6.42 Å². The molecular weight excluding hydrogens is 228 g/mol. The van der Waals surface area contributed by atoms with Crippen molar-refractivity contribution in [2.24, 2.45) is 17.6 Å². The Labute approximate surface area is 110 Å². The summed E-state index contributed by atoms with van der Waals surface area (Å²) in [4.78, 5) is 14.4. The predicted octanol–water partition coefficient (Wildman–Crippen LogP) is 1.12. The first-order valence-corrected chi connectivity index (χ1v) is 7.30. The van der Waals surface area contributed by atoms with Crippen molar-refractivity contribution in [3.63, 3.8) is 0 Å². The second kappa shape index (κ2) is 6.02. The van der Waals surface area contributed by atoms with Crippen LogP contribution >= 0.6 is 0 Å².